The minimum Gasteiger partial charge on any atom is -0.507 e. The van der Waals surface area contributed by atoms with Gasteiger partial charge in [0.25, 0.3) is 5.91 Å². The summed E-state index contributed by atoms with van der Waals surface area (Å²) in [6, 6.07) is 21.5. The van der Waals surface area contributed by atoms with Gasteiger partial charge < -0.3 is 15.3 Å². The van der Waals surface area contributed by atoms with Crippen molar-refractivity contribution in [3.8, 4) is 5.75 Å². The topological polar surface area (TPSA) is 52.6 Å². The Morgan fingerprint density at radius 1 is 1.04 bits per heavy atom. The van der Waals surface area contributed by atoms with Crippen LogP contribution in [0.5, 0.6) is 5.75 Å². The highest BCUT2D eigenvalue weighted by Crippen LogP contribution is 2.26. The van der Waals surface area contributed by atoms with Crippen molar-refractivity contribution in [1.29, 1.82) is 0 Å². The third kappa shape index (κ3) is 3.36. The highest BCUT2D eigenvalue weighted by molar-refractivity contribution is 6.01. The molecule has 4 rings (SSSR count). The van der Waals surface area contributed by atoms with Crippen LogP contribution in [0.2, 0.25) is 0 Å². The molecule has 1 amide bonds. The summed E-state index contributed by atoms with van der Waals surface area (Å²) in [5, 5.41) is 15.1. The summed E-state index contributed by atoms with van der Waals surface area (Å²) >= 11 is 0. The van der Waals surface area contributed by atoms with E-state index in [9.17, 15) is 9.90 Å². The van der Waals surface area contributed by atoms with Crippen LogP contribution in [-0.2, 0) is 0 Å². The lowest BCUT2D eigenvalue weighted by Crippen LogP contribution is -2.31. The molecule has 3 aromatic carbocycles. The van der Waals surface area contributed by atoms with E-state index in [0.29, 0.717) is 18.0 Å². The molecule has 132 valence electrons. The SMILES string of the molecule is O=C(NC[C@@H]1CCN(c2ccccc2)C1)c1cc2ccccc2cc1O. The number of hydrogen-bond acceptors (Lipinski definition) is 3. The van der Waals surface area contributed by atoms with Gasteiger partial charge in [-0.25, -0.2) is 0 Å². The lowest BCUT2D eigenvalue weighted by molar-refractivity contribution is 0.0946. The normalized spacial score (nSPS) is 16.8. The second-order valence-corrected chi connectivity index (χ2v) is 6.86. The number of carbonyl (C=O) groups is 1. The van der Waals surface area contributed by atoms with E-state index in [4.69, 9.17) is 0 Å². The quantitative estimate of drug-likeness (QED) is 0.755. The molecule has 0 aromatic heterocycles. The summed E-state index contributed by atoms with van der Waals surface area (Å²) in [5.74, 6) is 0.228. The van der Waals surface area contributed by atoms with Crippen molar-refractivity contribution in [2.45, 2.75) is 6.42 Å². The Balaban J connectivity index is 1.39. The average Bonchev–Trinajstić information content (AvgIpc) is 3.15. The van der Waals surface area contributed by atoms with Crippen LogP contribution in [0.1, 0.15) is 16.8 Å². The van der Waals surface area contributed by atoms with Gasteiger partial charge in [0.15, 0.2) is 0 Å². The van der Waals surface area contributed by atoms with Gasteiger partial charge in [-0.15, -0.1) is 0 Å². The van der Waals surface area contributed by atoms with Crippen LogP contribution in [0.3, 0.4) is 0 Å². The number of carbonyl (C=O) groups excluding carboxylic acids is 1. The lowest BCUT2D eigenvalue weighted by Gasteiger charge is -2.18. The fourth-order valence-corrected chi connectivity index (χ4v) is 3.61. The molecule has 2 N–H and O–H groups in total. The number of anilines is 1. The monoisotopic (exact) mass is 346 g/mol. The van der Waals surface area contributed by atoms with Gasteiger partial charge >= 0.3 is 0 Å². The number of nitrogens with zero attached hydrogens (tertiary/aromatic N) is 1. The average molecular weight is 346 g/mol. The number of fused-ring (bicyclic) bond motifs is 1. The maximum Gasteiger partial charge on any atom is 0.255 e. The van der Waals surface area contributed by atoms with Crippen LogP contribution in [0.25, 0.3) is 10.8 Å². The van der Waals surface area contributed by atoms with E-state index in [1.165, 1.54) is 5.69 Å². The van der Waals surface area contributed by atoms with Crippen molar-refractivity contribution in [3.63, 3.8) is 0 Å². The van der Waals surface area contributed by atoms with Gasteiger partial charge in [0, 0.05) is 25.3 Å². The Morgan fingerprint density at radius 2 is 1.73 bits per heavy atom. The van der Waals surface area contributed by atoms with Crippen molar-refractivity contribution in [2.75, 3.05) is 24.5 Å². The molecule has 0 unspecified atom stereocenters. The largest absolute Gasteiger partial charge is 0.507 e. The molecular formula is C22H22N2O2. The molecule has 1 saturated heterocycles. The predicted molar refractivity (Wildman–Crippen MR) is 105 cm³/mol. The minimum absolute atomic E-state index is 0.0264. The number of para-hydroxylation sites is 1. The van der Waals surface area contributed by atoms with Crippen LogP contribution < -0.4 is 10.2 Å². The Labute approximate surface area is 153 Å². The first kappa shape index (κ1) is 16.5. The summed E-state index contributed by atoms with van der Waals surface area (Å²) in [7, 11) is 0. The lowest BCUT2D eigenvalue weighted by atomic mass is 10.0. The molecule has 0 radical (unpaired) electrons. The maximum atomic E-state index is 12.5. The molecule has 1 heterocycles. The highest BCUT2D eigenvalue weighted by atomic mass is 16.3. The fraction of sp³-hybridized carbons (Fsp3) is 0.227. The van der Waals surface area contributed by atoms with Crippen LogP contribution in [0, 0.1) is 5.92 Å². The Kier molecular flexibility index (Phi) is 4.48. The van der Waals surface area contributed by atoms with Gasteiger partial charge in [0.1, 0.15) is 5.75 Å². The Bertz CT molecular complexity index is 924. The van der Waals surface area contributed by atoms with Crippen LogP contribution in [-0.4, -0.2) is 30.6 Å². The molecule has 1 atom stereocenters. The zero-order valence-electron chi connectivity index (χ0n) is 14.6. The molecule has 3 aromatic rings. The number of benzene rings is 3. The number of amides is 1. The van der Waals surface area contributed by atoms with Gasteiger partial charge in [-0.1, -0.05) is 42.5 Å². The summed E-state index contributed by atoms with van der Waals surface area (Å²) in [6.45, 7) is 2.56. The van der Waals surface area contributed by atoms with Crippen molar-refractivity contribution in [2.24, 2.45) is 5.92 Å². The molecule has 1 fully saturated rings. The van der Waals surface area contributed by atoms with Crippen LogP contribution >= 0.6 is 0 Å². The van der Waals surface area contributed by atoms with E-state index < -0.39 is 0 Å². The van der Waals surface area contributed by atoms with E-state index in [0.717, 1.165) is 30.3 Å². The molecule has 0 spiro atoms. The van der Waals surface area contributed by atoms with Crippen LogP contribution in [0.15, 0.2) is 66.7 Å². The van der Waals surface area contributed by atoms with Crippen molar-refractivity contribution < 1.29 is 9.90 Å². The second-order valence-electron chi connectivity index (χ2n) is 6.86. The van der Waals surface area contributed by atoms with Gasteiger partial charge in [-0.3, -0.25) is 4.79 Å². The van der Waals surface area contributed by atoms with Crippen molar-refractivity contribution in [3.05, 3.63) is 72.3 Å². The second kappa shape index (κ2) is 7.08. The fourth-order valence-electron chi connectivity index (χ4n) is 3.61. The number of phenols is 1. The van der Waals surface area contributed by atoms with Crippen LogP contribution in [0.4, 0.5) is 5.69 Å². The molecule has 0 bridgehead atoms. The standard InChI is InChI=1S/C22H22N2O2/c25-21-13-18-7-5-4-6-17(18)12-20(21)22(26)23-14-16-10-11-24(15-16)19-8-2-1-3-9-19/h1-9,12-13,16,25H,10-11,14-15H2,(H,23,26)/t16-/m0/s1. The summed E-state index contributed by atoms with van der Waals surface area (Å²) in [5.41, 5.74) is 1.56. The summed E-state index contributed by atoms with van der Waals surface area (Å²) in [6.07, 6.45) is 1.05. The van der Waals surface area contributed by atoms with E-state index in [1.807, 2.05) is 42.5 Å². The van der Waals surface area contributed by atoms with E-state index in [2.05, 4.69) is 22.3 Å². The first-order chi connectivity index (χ1) is 12.7. The Hall–Kier alpha value is -3.01. The molecule has 1 aliphatic rings. The molecule has 0 aliphatic carbocycles. The zero-order valence-corrected chi connectivity index (χ0v) is 14.6. The Morgan fingerprint density at radius 3 is 2.50 bits per heavy atom. The van der Waals surface area contributed by atoms with Crippen molar-refractivity contribution in [1.82, 2.24) is 5.32 Å². The molecule has 0 saturated carbocycles. The molecule has 4 nitrogen and oxygen atoms in total. The number of aromatic hydroxyl groups is 1. The van der Waals surface area contributed by atoms with Gasteiger partial charge in [0.2, 0.25) is 0 Å². The van der Waals surface area contributed by atoms with Gasteiger partial charge in [0.05, 0.1) is 5.56 Å². The van der Waals surface area contributed by atoms with Gasteiger partial charge in [-0.05, 0) is 47.4 Å². The molecule has 26 heavy (non-hydrogen) atoms. The van der Waals surface area contributed by atoms with E-state index in [1.54, 1.807) is 12.1 Å². The minimum atomic E-state index is -0.216. The molecule has 4 heteroatoms. The first-order valence-corrected chi connectivity index (χ1v) is 9.00. The third-order valence-electron chi connectivity index (χ3n) is 5.07. The number of rotatable bonds is 4. The molecule has 1 aliphatic heterocycles. The highest BCUT2D eigenvalue weighted by Gasteiger charge is 2.23. The summed E-state index contributed by atoms with van der Waals surface area (Å²) in [4.78, 5) is 14.9. The summed E-state index contributed by atoms with van der Waals surface area (Å²) < 4.78 is 0. The zero-order chi connectivity index (χ0) is 17.9. The van der Waals surface area contributed by atoms with E-state index >= 15 is 0 Å². The predicted octanol–water partition coefficient (Wildman–Crippen LogP) is 3.80. The molecular weight excluding hydrogens is 324 g/mol. The third-order valence-corrected chi connectivity index (χ3v) is 5.07. The number of phenolic OH excluding ortho intramolecular Hbond substituents is 1. The number of nitrogens with one attached hydrogen (secondary N) is 1. The smallest absolute Gasteiger partial charge is 0.255 e. The number of hydrogen-bond donors (Lipinski definition) is 2. The first-order valence-electron chi connectivity index (χ1n) is 9.00. The maximum absolute atomic E-state index is 12.5. The van der Waals surface area contributed by atoms with Gasteiger partial charge in [-0.2, -0.15) is 0 Å². The van der Waals surface area contributed by atoms with Crippen molar-refractivity contribution >= 4 is 22.4 Å². The van der Waals surface area contributed by atoms with E-state index in [-0.39, 0.29) is 11.7 Å².